The first-order chi connectivity index (χ1) is 9.15. The molecule has 106 valence electrons. The van der Waals surface area contributed by atoms with Gasteiger partial charge in [-0.25, -0.2) is 0 Å². The maximum atomic E-state index is 6.60. The minimum Gasteiger partial charge on any atom is -0.497 e. The summed E-state index contributed by atoms with van der Waals surface area (Å²) in [7, 11) is 1.71. The molecule has 1 aliphatic rings. The molecule has 0 bridgehead atoms. The maximum absolute atomic E-state index is 6.60. The molecule has 2 nitrogen and oxygen atoms in total. The summed E-state index contributed by atoms with van der Waals surface area (Å²) in [6.07, 6.45) is 8.54. The quantitative estimate of drug-likeness (QED) is 0.871. The van der Waals surface area contributed by atoms with E-state index in [0.717, 1.165) is 24.5 Å². The smallest absolute Gasteiger partial charge is 0.118 e. The minimum atomic E-state index is 0.0683. The summed E-state index contributed by atoms with van der Waals surface area (Å²) in [6, 6.07) is 8.38. The second kappa shape index (κ2) is 6.42. The van der Waals surface area contributed by atoms with Gasteiger partial charge in [-0.3, -0.25) is 0 Å². The van der Waals surface area contributed by atoms with E-state index < -0.39 is 0 Å². The average Bonchev–Trinajstić information content (AvgIpc) is 2.46. The van der Waals surface area contributed by atoms with E-state index in [-0.39, 0.29) is 5.54 Å². The van der Waals surface area contributed by atoms with E-state index in [1.807, 2.05) is 12.1 Å². The molecule has 0 radical (unpaired) electrons. The summed E-state index contributed by atoms with van der Waals surface area (Å²) in [5.41, 5.74) is 8.04. The molecule has 1 saturated carbocycles. The molecule has 2 heteroatoms. The Kier molecular flexibility index (Phi) is 4.87. The van der Waals surface area contributed by atoms with Crippen molar-refractivity contribution in [2.24, 2.45) is 11.7 Å². The molecule has 2 unspecified atom stereocenters. The fraction of sp³-hybridized carbons (Fsp3) is 0.647. The predicted molar refractivity (Wildman–Crippen MR) is 80.5 cm³/mol. The van der Waals surface area contributed by atoms with Gasteiger partial charge < -0.3 is 10.5 Å². The molecular weight excluding hydrogens is 234 g/mol. The highest BCUT2D eigenvalue weighted by molar-refractivity contribution is 5.27. The highest BCUT2D eigenvalue weighted by Crippen LogP contribution is 2.35. The Morgan fingerprint density at radius 2 is 2.05 bits per heavy atom. The van der Waals surface area contributed by atoms with E-state index in [9.17, 15) is 0 Å². The van der Waals surface area contributed by atoms with Crippen LogP contribution in [0.25, 0.3) is 0 Å². The number of aryl methyl sites for hydroxylation is 1. The Morgan fingerprint density at radius 1 is 1.32 bits per heavy atom. The summed E-state index contributed by atoms with van der Waals surface area (Å²) in [5.74, 6) is 1.77. The molecule has 2 atom stereocenters. The van der Waals surface area contributed by atoms with Crippen molar-refractivity contribution < 1.29 is 4.74 Å². The largest absolute Gasteiger partial charge is 0.497 e. The second-order valence-electron chi connectivity index (χ2n) is 6.08. The van der Waals surface area contributed by atoms with Gasteiger partial charge in [0.25, 0.3) is 0 Å². The van der Waals surface area contributed by atoms with Crippen molar-refractivity contribution in [1.82, 2.24) is 0 Å². The topological polar surface area (TPSA) is 35.2 Å². The first kappa shape index (κ1) is 14.4. The van der Waals surface area contributed by atoms with Gasteiger partial charge in [0, 0.05) is 5.54 Å². The lowest BCUT2D eigenvalue weighted by Crippen LogP contribution is -2.44. The van der Waals surface area contributed by atoms with Crippen molar-refractivity contribution in [2.45, 2.75) is 57.4 Å². The summed E-state index contributed by atoms with van der Waals surface area (Å²) in [5, 5.41) is 0. The Balaban J connectivity index is 1.89. The summed E-state index contributed by atoms with van der Waals surface area (Å²) in [4.78, 5) is 0. The van der Waals surface area contributed by atoms with Crippen molar-refractivity contribution in [1.29, 1.82) is 0 Å². The molecule has 0 aromatic heterocycles. The van der Waals surface area contributed by atoms with Crippen molar-refractivity contribution >= 4 is 0 Å². The van der Waals surface area contributed by atoms with Crippen LogP contribution in [0.5, 0.6) is 5.75 Å². The fourth-order valence-electron chi connectivity index (χ4n) is 3.28. The number of methoxy groups -OCH3 is 1. The molecular formula is C17H27NO. The van der Waals surface area contributed by atoms with Gasteiger partial charge in [0.15, 0.2) is 0 Å². The van der Waals surface area contributed by atoms with Gasteiger partial charge >= 0.3 is 0 Å². The number of hydrogen-bond acceptors (Lipinski definition) is 2. The number of rotatable bonds is 5. The first-order valence-corrected chi connectivity index (χ1v) is 7.57. The standard InChI is InChI=1S/C17H27NO/c1-3-14-5-4-11-17(18,13-14)12-10-15-6-8-16(19-2)9-7-15/h6-9,14H,3-5,10-13,18H2,1-2H3. The third-order valence-electron chi connectivity index (χ3n) is 4.63. The first-order valence-electron chi connectivity index (χ1n) is 7.57. The molecule has 0 heterocycles. The van der Waals surface area contributed by atoms with E-state index in [1.54, 1.807) is 7.11 Å². The lowest BCUT2D eigenvalue weighted by atomic mass is 9.73. The summed E-state index contributed by atoms with van der Waals surface area (Å²) in [6.45, 7) is 2.29. The number of hydrogen-bond donors (Lipinski definition) is 1. The molecule has 19 heavy (non-hydrogen) atoms. The van der Waals surface area contributed by atoms with Crippen molar-refractivity contribution in [3.8, 4) is 5.75 Å². The highest BCUT2D eigenvalue weighted by Gasteiger charge is 2.31. The zero-order chi connectivity index (χ0) is 13.7. The molecule has 2 rings (SSSR count). The lowest BCUT2D eigenvalue weighted by Gasteiger charge is -2.38. The van der Waals surface area contributed by atoms with Gasteiger partial charge in [0.2, 0.25) is 0 Å². The summed E-state index contributed by atoms with van der Waals surface area (Å²) < 4.78 is 5.19. The van der Waals surface area contributed by atoms with Crippen LogP contribution in [-0.2, 0) is 6.42 Å². The van der Waals surface area contributed by atoms with Crippen LogP contribution >= 0.6 is 0 Å². The van der Waals surface area contributed by atoms with Gasteiger partial charge in [0.05, 0.1) is 7.11 Å². The Morgan fingerprint density at radius 3 is 2.68 bits per heavy atom. The van der Waals surface area contributed by atoms with Crippen LogP contribution in [0.2, 0.25) is 0 Å². The molecule has 0 amide bonds. The van der Waals surface area contributed by atoms with Gasteiger partial charge in [-0.1, -0.05) is 38.3 Å². The van der Waals surface area contributed by atoms with Crippen LogP contribution in [0.3, 0.4) is 0 Å². The molecule has 1 aliphatic carbocycles. The van der Waals surface area contributed by atoms with Crippen molar-refractivity contribution in [2.75, 3.05) is 7.11 Å². The lowest BCUT2D eigenvalue weighted by molar-refractivity contribution is 0.208. The van der Waals surface area contributed by atoms with Gasteiger partial charge in [-0.05, 0) is 49.3 Å². The Labute approximate surface area is 117 Å². The van der Waals surface area contributed by atoms with E-state index in [2.05, 4.69) is 19.1 Å². The minimum absolute atomic E-state index is 0.0683. The zero-order valence-electron chi connectivity index (χ0n) is 12.3. The second-order valence-corrected chi connectivity index (χ2v) is 6.08. The van der Waals surface area contributed by atoms with Crippen LogP contribution in [-0.4, -0.2) is 12.6 Å². The van der Waals surface area contributed by atoms with E-state index in [4.69, 9.17) is 10.5 Å². The monoisotopic (exact) mass is 261 g/mol. The Bertz CT molecular complexity index is 387. The van der Waals surface area contributed by atoms with E-state index in [0.29, 0.717) is 0 Å². The maximum Gasteiger partial charge on any atom is 0.118 e. The molecule has 2 N–H and O–H groups in total. The number of benzene rings is 1. The number of nitrogens with two attached hydrogens (primary N) is 1. The van der Waals surface area contributed by atoms with Crippen LogP contribution in [0.1, 0.15) is 51.0 Å². The molecule has 0 spiro atoms. The molecule has 0 saturated heterocycles. The van der Waals surface area contributed by atoms with Crippen molar-refractivity contribution in [3.05, 3.63) is 29.8 Å². The van der Waals surface area contributed by atoms with Crippen LogP contribution in [0.4, 0.5) is 0 Å². The molecule has 1 aromatic carbocycles. The van der Waals surface area contributed by atoms with Crippen molar-refractivity contribution in [3.63, 3.8) is 0 Å². The van der Waals surface area contributed by atoms with E-state index in [1.165, 1.54) is 37.7 Å². The SMILES string of the molecule is CCC1CCCC(N)(CCc2ccc(OC)cc2)C1. The summed E-state index contributed by atoms with van der Waals surface area (Å²) >= 11 is 0. The van der Waals surface area contributed by atoms with Gasteiger partial charge in [0.1, 0.15) is 5.75 Å². The normalized spacial score (nSPS) is 27.2. The van der Waals surface area contributed by atoms with E-state index >= 15 is 0 Å². The van der Waals surface area contributed by atoms with Gasteiger partial charge in [-0.15, -0.1) is 0 Å². The van der Waals surface area contributed by atoms with Crippen LogP contribution in [0, 0.1) is 5.92 Å². The van der Waals surface area contributed by atoms with Crippen LogP contribution < -0.4 is 10.5 Å². The third kappa shape index (κ3) is 3.97. The Hall–Kier alpha value is -1.02. The molecule has 1 aromatic rings. The average molecular weight is 261 g/mol. The number of ether oxygens (including phenoxy) is 1. The van der Waals surface area contributed by atoms with Gasteiger partial charge in [-0.2, -0.15) is 0 Å². The molecule has 1 fully saturated rings. The zero-order valence-corrected chi connectivity index (χ0v) is 12.3. The fourth-order valence-corrected chi connectivity index (χ4v) is 3.28. The highest BCUT2D eigenvalue weighted by atomic mass is 16.5. The third-order valence-corrected chi connectivity index (χ3v) is 4.63. The van der Waals surface area contributed by atoms with Crippen LogP contribution in [0.15, 0.2) is 24.3 Å². The molecule has 0 aliphatic heterocycles. The predicted octanol–water partition coefficient (Wildman–Crippen LogP) is 3.93.